The Hall–Kier alpha value is -1.51. The summed E-state index contributed by atoms with van der Waals surface area (Å²) in [5.41, 5.74) is 6.29. The molecule has 21 heavy (non-hydrogen) atoms. The van der Waals surface area contributed by atoms with Crippen molar-refractivity contribution in [1.82, 2.24) is 19.3 Å². The third-order valence-corrected chi connectivity index (χ3v) is 6.22. The monoisotopic (exact) mass is 309 g/mol. The van der Waals surface area contributed by atoms with Crippen molar-refractivity contribution in [3.8, 4) is 0 Å². The molecule has 0 bridgehead atoms. The van der Waals surface area contributed by atoms with Crippen molar-refractivity contribution in [2.75, 3.05) is 19.6 Å². The molecule has 8 heteroatoms. The first-order valence-electron chi connectivity index (χ1n) is 7.01. The second-order valence-electron chi connectivity index (χ2n) is 5.56. The van der Waals surface area contributed by atoms with Crippen LogP contribution in [-0.4, -0.2) is 47.3 Å². The van der Waals surface area contributed by atoms with E-state index >= 15 is 0 Å². The van der Waals surface area contributed by atoms with Crippen molar-refractivity contribution < 1.29 is 8.42 Å². The fraction of sp³-hybridized carbons (Fsp3) is 0.538. The van der Waals surface area contributed by atoms with Crippen LogP contribution in [0.3, 0.4) is 0 Å². The molecule has 1 aliphatic heterocycles. The van der Waals surface area contributed by atoms with E-state index in [2.05, 4.69) is 21.9 Å². The third kappa shape index (κ3) is 2.43. The Morgan fingerprint density at radius 2 is 2.33 bits per heavy atom. The van der Waals surface area contributed by atoms with E-state index in [0.717, 1.165) is 6.42 Å². The topological polar surface area (TPSA) is 105 Å². The highest BCUT2D eigenvalue weighted by Gasteiger charge is 2.34. The summed E-state index contributed by atoms with van der Waals surface area (Å²) in [6, 6.07) is 0. The smallest absolute Gasteiger partial charge is 0.245 e. The number of hydrogen-bond acceptors (Lipinski definition) is 5. The summed E-state index contributed by atoms with van der Waals surface area (Å²) in [7, 11) is -3.55. The van der Waals surface area contributed by atoms with Crippen LogP contribution in [0.1, 0.15) is 13.3 Å². The van der Waals surface area contributed by atoms with Crippen molar-refractivity contribution in [3.05, 3.63) is 18.7 Å². The first-order chi connectivity index (χ1) is 10.0. The van der Waals surface area contributed by atoms with Gasteiger partial charge in [-0.15, -0.1) is 0 Å². The Kier molecular flexibility index (Phi) is 3.68. The molecule has 1 fully saturated rings. The lowest BCUT2D eigenvalue weighted by molar-refractivity contribution is 0.203. The van der Waals surface area contributed by atoms with Gasteiger partial charge in [0.1, 0.15) is 16.9 Å². The van der Waals surface area contributed by atoms with Gasteiger partial charge in [0.2, 0.25) is 10.0 Å². The second-order valence-corrected chi connectivity index (χ2v) is 7.47. The number of sulfonamides is 1. The predicted molar refractivity (Wildman–Crippen MR) is 79.0 cm³/mol. The Morgan fingerprint density at radius 3 is 3.10 bits per heavy atom. The van der Waals surface area contributed by atoms with Crippen molar-refractivity contribution >= 4 is 21.1 Å². The molecule has 0 aromatic carbocycles. The molecule has 3 N–H and O–H groups in total. The average Bonchev–Trinajstić information content (AvgIpc) is 2.92. The Bertz CT molecular complexity index is 742. The summed E-state index contributed by atoms with van der Waals surface area (Å²) in [6.45, 7) is 3.63. The molecule has 3 rings (SSSR count). The second kappa shape index (κ2) is 5.36. The number of piperidine rings is 1. The van der Waals surface area contributed by atoms with E-state index in [1.165, 1.54) is 23.0 Å². The molecule has 2 unspecified atom stereocenters. The quantitative estimate of drug-likeness (QED) is 0.862. The lowest BCUT2D eigenvalue weighted by Crippen LogP contribution is -2.45. The highest BCUT2D eigenvalue weighted by Crippen LogP contribution is 2.29. The van der Waals surface area contributed by atoms with Crippen LogP contribution in [0, 0.1) is 11.8 Å². The molecule has 0 amide bonds. The van der Waals surface area contributed by atoms with Crippen LogP contribution in [0.4, 0.5) is 0 Å². The van der Waals surface area contributed by atoms with Crippen LogP contribution in [-0.2, 0) is 10.0 Å². The molecule has 3 heterocycles. The van der Waals surface area contributed by atoms with Crippen LogP contribution < -0.4 is 5.73 Å². The van der Waals surface area contributed by atoms with Gasteiger partial charge in [-0.2, -0.15) is 4.31 Å². The molecule has 0 saturated carbocycles. The summed E-state index contributed by atoms with van der Waals surface area (Å²) < 4.78 is 27.2. The minimum atomic E-state index is -3.55. The maximum atomic E-state index is 12.8. The highest BCUT2D eigenvalue weighted by molar-refractivity contribution is 7.89. The molecule has 0 radical (unpaired) electrons. The van der Waals surface area contributed by atoms with Crippen LogP contribution in [0.15, 0.2) is 23.6 Å². The number of nitrogens with two attached hydrogens (primary N) is 1. The van der Waals surface area contributed by atoms with Gasteiger partial charge in [0, 0.05) is 25.5 Å². The van der Waals surface area contributed by atoms with Crippen LogP contribution in [0.2, 0.25) is 0 Å². The summed E-state index contributed by atoms with van der Waals surface area (Å²) >= 11 is 0. The molecular weight excluding hydrogens is 290 g/mol. The van der Waals surface area contributed by atoms with Gasteiger partial charge in [0.15, 0.2) is 0 Å². The van der Waals surface area contributed by atoms with Crippen molar-refractivity contribution in [1.29, 1.82) is 0 Å². The summed E-state index contributed by atoms with van der Waals surface area (Å²) in [5, 5.41) is 0.528. The molecule has 114 valence electrons. The fourth-order valence-electron chi connectivity index (χ4n) is 2.83. The van der Waals surface area contributed by atoms with Crippen LogP contribution in [0.5, 0.6) is 0 Å². The SMILES string of the molecule is CC1CCN(S(=O)(=O)c2c[nH]c3ncncc23)CC1CN. The molecule has 0 aliphatic carbocycles. The van der Waals surface area contributed by atoms with E-state index in [0.29, 0.717) is 36.6 Å². The maximum absolute atomic E-state index is 12.8. The minimum Gasteiger partial charge on any atom is -0.345 e. The molecule has 1 aliphatic rings. The van der Waals surface area contributed by atoms with E-state index < -0.39 is 10.0 Å². The van der Waals surface area contributed by atoms with E-state index in [4.69, 9.17) is 5.73 Å². The number of aromatic amines is 1. The van der Waals surface area contributed by atoms with E-state index in [1.807, 2.05) is 0 Å². The number of fused-ring (bicyclic) bond motifs is 1. The number of nitrogens with one attached hydrogen (secondary N) is 1. The largest absolute Gasteiger partial charge is 0.345 e. The normalized spacial score (nSPS) is 24.5. The molecule has 2 aromatic heterocycles. The average molecular weight is 309 g/mol. The van der Waals surface area contributed by atoms with E-state index in [1.54, 1.807) is 0 Å². The molecular formula is C13H19N5O2S. The van der Waals surface area contributed by atoms with Crippen molar-refractivity contribution in [3.63, 3.8) is 0 Å². The van der Waals surface area contributed by atoms with Gasteiger partial charge in [0.25, 0.3) is 0 Å². The van der Waals surface area contributed by atoms with Crippen molar-refractivity contribution in [2.45, 2.75) is 18.2 Å². The minimum absolute atomic E-state index is 0.204. The van der Waals surface area contributed by atoms with Gasteiger partial charge in [-0.3, -0.25) is 0 Å². The zero-order valence-electron chi connectivity index (χ0n) is 11.9. The molecule has 1 saturated heterocycles. The lowest BCUT2D eigenvalue weighted by Gasteiger charge is -2.35. The van der Waals surface area contributed by atoms with Gasteiger partial charge in [-0.25, -0.2) is 18.4 Å². The standard InChI is InChI=1S/C13H19N5O2S/c1-9-2-3-18(7-10(9)4-14)21(19,20)12-6-16-13-11(12)5-15-8-17-13/h5-6,8-10H,2-4,7,14H2,1H3,(H,15,16,17). The Balaban J connectivity index is 1.97. The number of nitrogens with zero attached hydrogens (tertiary/aromatic N) is 3. The molecule has 7 nitrogen and oxygen atoms in total. The first-order valence-corrected chi connectivity index (χ1v) is 8.45. The van der Waals surface area contributed by atoms with E-state index in [9.17, 15) is 8.42 Å². The summed E-state index contributed by atoms with van der Waals surface area (Å²) in [5.74, 6) is 0.655. The van der Waals surface area contributed by atoms with E-state index in [-0.39, 0.29) is 10.8 Å². The summed E-state index contributed by atoms with van der Waals surface area (Å²) in [6.07, 6.45) is 5.24. The number of rotatable bonds is 3. The Morgan fingerprint density at radius 1 is 1.52 bits per heavy atom. The highest BCUT2D eigenvalue weighted by atomic mass is 32.2. The van der Waals surface area contributed by atoms with Gasteiger partial charge in [-0.1, -0.05) is 6.92 Å². The third-order valence-electron chi connectivity index (χ3n) is 4.31. The lowest BCUT2D eigenvalue weighted by atomic mass is 9.88. The van der Waals surface area contributed by atoms with Gasteiger partial charge in [-0.05, 0) is 24.8 Å². The number of aromatic nitrogens is 3. The zero-order valence-corrected chi connectivity index (χ0v) is 12.7. The fourth-order valence-corrected chi connectivity index (χ4v) is 4.48. The Labute approximate surface area is 123 Å². The van der Waals surface area contributed by atoms with Crippen molar-refractivity contribution in [2.24, 2.45) is 17.6 Å². The first kappa shape index (κ1) is 14.4. The van der Waals surface area contributed by atoms with Gasteiger partial charge in [0.05, 0.1) is 5.39 Å². The number of hydrogen-bond donors (Lipinski definition) is 2. The number of H-pyrrole nitrogens is 1. The zero-order chi connectivity index (χ0) is 15.0. The van der Waals surface area contributed by atoms with Crippen LogP contribution >= 0.6 is 0 Å². The summed E-state index contributed by atoms with van der Waals surface area (Å²) in [4.78, 5) is 11.1. The van der Waals surface area contributed by atoms with Gasteiger partial charge >= 0.3 is 0 Å². The molecule has 2 atom stereocenters. The molecule has 0 spiro atoms. The maximum Gasteiger partial charge on any atom is 0.245 e. The predicted octanol–water partition coefficient (Wildman–Crippen LogP) is 0.563. The van der Waals surface area contributed by atoms with Gasteiger partial charge < -0.3 is 10.7 Å². The molecule has 2 aromatic rings. The van der Waals surface area contributed by atoms with Crippen LogP contribution in [0.25, 0.3) is 11.0 Å².